The maximum absolute atomic E-state index is 12.5. The molecule has 0 bridgehead atoms. The number of aryl methyl sites for hydroxylation is 1. The van der Waals surface area contributed by atoms with Crippen LogP contribution in [0.2, 0.25) is 0 Å². The van der Waals surface area contributed by atoms with Crippen molar-refractivity contribution >= 4 is 6.03 Å². The van der Waals surface area contributed by atoms with Crippen molar-refractivity contribution < 1.29 is 9.53 Å². The molecule has 0 saturated heterocycles. The van der Waals surface area contributed by atoms with Crippen LogP contribution in [0.5, 0.6) is 0 Å². The highest BCUT2D eigenvalue weighted by Gasteiger charge is 2.57. The third-order valence-corrected chi connectivity index (χ3v) is 6.34. The molecule has 3 aliphatic carbocycles. The van der Waals surface area contributed by atoms with Gasteiger partial charge in [-0.2, -0.15) is 5.10 Å². The number of ether oxygens (including phenoxy) is 1. The number of aromatic nitrogens is 2. The van der Waals surface area contributed by atoms with Gasteiger partial charge in [0.05, 0.1) is 12.3 Å². The number of nitrogens with zero attached hydrogens (tertiary/aromatic N) is 1. The number of fused-ring (bicyclic) bond motifs is 1. The van der Waals surface area contributed by atoms with Gasteiger partial charge in [0.1, 0.15) is 0 Å². The molecule has 24 heavy (non-hydrogen) atoms. The van der Waals surface area contributed by atoms with Gasteiger partial charge in [0.25, 0.3) is 0 Å². The predicted octanol–water partition coefficient (Wildman–Crippen LogP) is 2.30. The summed E-state index contributed by atoms with van der Waals surface area (Å²) in [5.41, 5.74) is 2.65. The highest BCUT2D eigenvalue weighted by atomic mass is 16.5. The Balaban J connectivity index is 1.32. The van der Waals surface area contributed by atoms with Crippen LogP contribution in [0, 0.1) is 5.41 Å². The lowest BCUT2D eigenvalue weighted by atomic mass is 9.60. The first-order chi connectivity index (χ1) is 11.7. The van der Waals surface area contributed by atoms with Gasteiger partial charge in [0, 0.05) is 29.8 Å². The van der Waals surface area contributed by atoms with Crippen molar-refractivity contribution in [1.82, 2.24) is 20.8 Å². The highest BCUT2D eigenvalue weighted by Crippen LogP contribution is 2.54. The quantitative estimate of drug-likeness (QED) is 0.791. The van der Waals surface area contributed by atoms with Crippen molar-refractivity contribution in [2.75, 3.05) is 6.61 Å². The van der Waals surface area contributed by atoms with Crippen LogP contribution >= 0.6 is 0 Å². The predicted molar refractivity (Wildman–Crippen MR) is 90.8 cm³/mol. The van der Waals surface area contributed by atoms with E-state index in [9.17, 15) is 4.79 Å². The molecule has 132 valence electrons. The Morgan fingerprint density at radius 2 is 2.25 bits per heavy atom. The van der Waals surface area contributed by atoms with Gasteiger partial charge < -0.3 is 15.4 Å². The number of amides is 2. The highest BCUT2D eigenvalue weighted by molar-refractivity contribution is 5.75. The molecule has 3 atom stereocenters. The van der Waals surface area contributed by atoms with Crippen LogP contribution in [0.25, 0.3) is 0 Å². The van der Waals surface area contributed by atoms with Crippen molar-refractivity contribution in [3.63, 3.8) is 0 Å². The zero-order valence-electron chi connectivity index (χ0n) is 14.4. The Bertz CT molecular complexity index is 594. The van der Waals surface area contributed by atoms with E-state index in [4.69, 9.17) is 4.74 Å². The van der Waals surface area contributed by atoms with E-state index in [1.807, 2.05) is 6.20 Å². The summed E-state index contributed by atoms with van der Waals surface area (Å²) in [7, 11) is 0. The van der Waals surface area contributed by atoms with E-state index < -0.39 is 0 Å². The number of aromatic amines is 1. The molecule has 1 spiro atoms. The minimum Gasteiger partial charge on any atom is -0.378 e. The number of urea groups is 1. The lowest BCUT2D eigenvalue weighted by Gasteiger charge is -2.54. The number of nitrogens with one attached hydrogen (secondary N) is 3. The van der Waals surface area contributed by atoms with E-state index in [0.717, 1.165) is 32.3 Å². The molecule has 0 radical (unpaired) electrons. The third kappa shape index (κ3) is 2.70. The van der Waals surface area contributed by atoms with E-state index in [0.29, 0.717) is 6.10 Å². The van der Waals surface area contributed by atoms with Crippen LogP contribution in [0.15, 0.2) is 6.20 Å². The van der Waals surface area contributed by atoms with Crippen LogP contribution in [0.3, 0.4) is 0 Å². The second kappa shape index (κ2) is 6.39. The second-order valence-electron chi connectivity index (χ2n) is 7.60. The molecule has 1 heterocycles. The fraction of sp³-hybridized carbons (Fsp3) is 0.778. The summed E-state index contributed by atoms with van der Waals surface area (Å²) in [6.07, 6.45) is 10.9. The van der Waals surface area contributed by atoms with E-state index >= 15 is 0 Å². The summed E-state index contributed by atoms with van der Waals surface area (Å²) in [5, 5.41) is 13.6. The molecule has 2 saturated carbocycles. The minimum atomic E-state index is -0.0156. The molecule has 2 fully saturated rings. The Labute approximate surface area is 143 Å². The van der Waals surface area contributed by atoms with Gasteiger partial charge in [-0.3, -0.25) is 5.10 Å². The lowest BCUT2D eigenvalue weighted by molar-refractivity contribution is -0.126. The summed E-state index contributed by atoms with van der Waals surface area (Å²) >= 11 is 0. The summed E-state index contributed by atoms with van der Waals surface area (Å²) in [5.74, 6) is 0. The molecule has 1 aromatic heterocycles. The molecular weight excluding hydrogens is 304 g/mol. The summed E-state index contributed by atoms with van der Waals surface area (Å²) in [6, 6.07) is 0.459. The monoisotopic (exact) mass is 332 g/mol. The average molecular weight is 332 g/mol. The van der Waals surface area contributed by atoms with Crippen molar-refractivity contribution in [3.05, 3.63) is 17.5 Å². The first-order valence-electron chi connectivity index (χ1n) is 9.41. The lowest BCUT2D eigenvalue weighted by Crippen LogP contribution is -2.65. The zero-order chi connectivity index (χ0) is 16.6. The van der Waals surface area contributed by atoms with Crippen LogP contribution in [-0.2, 0) is 17.6 Å². The number of carbonyl (C=O) groups excluding carboxylic acids is 1. The van der Waals surface area contributed by atoms with Crippen molar-refractivity contribution in [2.45, 2.75) is 76.5 Å². The number of rotatable bonds is 4. The van der Waals surface area contributed by atoms with Crippen LogP contribution in [0.1, 0.15) is 56.7 Å². The van der Waals surface area contributed by atoms with Crippen LogP contribution in [-0.4, -0.2) is 41.0 Å². The van der Waals surface area contributed by atoms with Crippen LogP contribution in [0.4, 0.5) is 4.79 Å². The maximum atomic E-state index is 12.5. The standard InChI is InChI=1S/C18H28N4O2/c1-2-24-16-10-15(18(16)7-3-4-8-18)21-17(23)20-13-5-6-14-12(9-13)11-19-22-14/h11,13,15-16H,2-10H2,1H3,(H,19,22)(H2,20,21,23)/t13-,15-,16+/m0/s1. The van der Waals surface area contributed by atoms with Gasteiger partial charge in [-0.05, 0) is 51.0 Å². The molecular formula is C18H28N4O2. The molecule has 6 heteroatoms. The molecule has 2 amide bonds. The normalized spacial score (nSPS) is 30.6. The van der Waals surface area contributed by atoms with E-state index in [2.05, 4.69) is 27.8 Å². The van der Waals surface area contributed by atoms with Gasteiger partial charge in [-0.1, -0.05) is 12.8 Å². The zero-order valence-corrected chi connectivity index (χ0v) is 14.4. The third-order valence-electron chi connectivity index (χ3n) is 6.34. The molecule has 4 rings (SSSR count). The van der Waals surface area contributed by atoms with Crippen LogP contribution < -0.4 is 10.6 Å². The molecule has 1 aromatic rings. The summed E-state index contributed by atoms with van der Waals surface area (Å²) in [6.45, 7) is 2.82. The Morgan fingerprint density at radius 1 is 1.42 bits per heavy atom. The Hall–Kier alpha value is -1.56. The number of hydrogen-bond donors (Lipinski definition) is 3. The van der Waals surface area contributed by atoms with Crippen molar-refractivity contribution in [2.24, 2.45) is 5.41 Å². The number of carbonyl (C=O) groups is 1. The fourth-order valence-corrected chi connectivity index (χ4v) is 5.01. The van der Waals surface area contributed by atoms with Gasteiger partial charge in [-0.15, -0.1) is 0 Å². The van der Waals surface area contributed by atoms with Gasteiger partial charge in [0.15, 0.2) is 0 Å². The average Bonchev–Trinajstić information content (AvgIpc) is 3.24. The summed E-state index contributed by atoms with van der Waals surface area (Å²) in [4.78, 5) is 12.5. The molecule has 0 aromatic carbocycles. The minimum absolute atomic E-state index is 0.0156. The van der Waals surface area contributed by atoms with Crippen molar-refractivity contribution in [1.29, 1.82) is 0 Å². The van der Waals surface area contributed by atoms with E-state index in [1.54, 1.807) is 0 Å². The maximum Gasteiger partial charge on any atom is 0.315 e. The topological polar surface area (TPSA) is 79.0 Å². The smallest absolute Gasteiger partial charge is 0.315 e. The first-order valence-corrected chi connectivity index (χ1v) is 9.41. The molecule has 3 aliphatic rings. The van der Waals surface area contributed by atoms with Gasteiger partial charge in [-0.25, -0.2) is 4.79 Å². The number of hydrogen-bond acceptors (Lipinski definition) is 3. The molecule has 0 aliphatic heterocycles. The summed E-state index contributed by atoms with van der Waals surface area (Å²) < 4.78 is 5.93. The van der Waals surface area contributed by atoms with E-state index in [1.165, 1.54) is 36.9 Å². The second-order valence-corrected chi connectivity index (χ2v) is 7.60. The van der Waals surface area contributed by atoms with Crippen molar-refractivity contribution in [3.8, 4) is 0 Å². The fourth-order valence-electron chi connectivity index (χ4n) is 5.01. The molecule has 3 N–H and O–H groups in total. The molecule has 6 nitrogen and oxygen atoms in total. The first kappa shape index (κ1) is 15.9. The largest absolute Gasteiger partial charge is 0.378 e. The van der Waals surface area contributed by atoms with Gasteiger partial charge >= 0.3 is 6.03 Å². The Morgan fingerprint density at radius 3 is 3.04 bits per heavy atom. The number of H-pyrrole nitrogens is 1. The van der Waals surface area contributed by atoms with E-state index in [-0.39, 0.29) is 23.5 Å². The van der Waals surface area contributed by atoms with Gasteiger partial charge in [0.2, 0.25) is 0 Å². The molecule has 0 unspecified atom stereocenters. The Kier molecular flexibility index (Phi) is 4.24. The SMILES string of the molecule is CCO[C@@H]1C[C@H](NC(=O)N[C@H]2CCc3[nH]ncc3C2)C12CCCC2.